The number of hydrogen-bond donors (Lipinski definition) is 1. The lowest BCUT2D eigenvalue weighted by atomic mass is 10.0. The zero-order chi connectivity index (χ0) is 19.6. The van der Waals surface area contributed by atoms with Gasteiger partial charge in [-0.25, -0.2) is 4.79 Å². The molecule has 0 spiro atoms. The standard InChI is InChI=1S/C19H36N4O3/c1-13-8-20-17(12-23(13)18(25)26-19(5,6)7)11-22-14(2)9-21(16(4)24)10-15(22)3/h13-15,17,20H,8-12H2,1-7H3/t13-,14-,15+,17+/m1/s1. The molecule has 7 nitrogen and oxygen atoms in total. The van der Waals surface area contributed by atoms with Gasteiger partial charge in [0.25, 0.3) is 0 Å². The van der Waals surface area contributed by atoms with Crippen LogP contribution in [0.3, 0.4) is 0 Å². The van der Waals surface area contributed by atoms with E-state index in [1.54, 1.807) is 6.92 Å². The fourth-order valence-corrected chi connectivity index (χ4v) is 3.85. The van der Waals surface area contributed by atoms with Crippen LogP contribution in [0.25, 0.3) is 0 Å². The molecule has 150 valence electrons. The first-order valence-electron chi connectivity index (χ1n) is 9.72. The van der Waals surface area contributed by atoms with E-state index in [1.165, 1.54) is 0 Å². The number of carbonyl (C=O) groups excluding carboxylic acids is 2. The first-order chi connectivity index (χ1) is 12.0. The topological polar surface area (TPSA) is 65.1 Å². The van der Waals surface area contributed by atoms with E-state index in [4.69, 9.17) is 4.74 Å². The summed E-state index contributed by atoms with van der Waals surface area (Å²) in [6.45, 7) is 17.5. The van der Waals surface area contributed by atoms with Crippen LogP contribution in [0.15, 0.2) is 0 Å². The number of nitrogens with zero attached hydrogens (tertiary/aromatic N) is 3. The van der Waals surface area contributed by atoms with Crippen LogP contribution in [0.1, 0.15) is 48.5 Å². The fraction of sp³-hybridized carbons (Fsp3) is 0.895. The minimum atomic E-state index is -0.483. The van der Waals surface area contributed by atoms with Crippen LogP contribution in [0, 0.1) is 0 Å². The summed E-state index contributed by atoms with van der Waals surface area (Å²) >= 11 is 0. The highest BCUT2D eigenvalue weighted by molar-refractivity contribution is 5.73. The molecule has 2 saturated heterocycles. The summed E-state index contributed by atoms with van der Waals surface area (Å²) in [5.74, 6) is 0.143. The van der Waals surface area contributed by atoms with E-state index >= 15 is 0 Å². The molecule has 26 heavy (non-hydrogen) atoms. The highest BCUT2D eigenvalue weighted by Gasteiger charge is 2.36. The maximum absolute atomic E-state index is 12.5. The van der Waals surface area contributed by atoms with Gasteiger partial charge in [0, 0.05) is 63.8 Å². The van der Waals surface area contributed by atoms with E-state index in [0.29, 0.717) is 18.6 Å². The molecule has 2 fully saturated rings. The molecule has 0 aromatic heterocycles. The molecule has 0 saturated carbocycles. The Hall–Kier alpha value is -1.34. The van der Waals surface area contributed by atoms with Crippen molar-refractivity contribution in [3.8, 4) is 0 Å². The number of rotatable bonds is 2. The van der Waals surface area contributed by atoms with Crippen molar-refractivity contribution < 1.29 is 14.3 Å². The Morgan fingerprint density at radius 2 is 1.62 bits per heavy atom. The summed E-state index contributed by atoms with van der Waals surface area (Å²) in [6, 6.07) is 0.926. The third-order valence-corrected chi connectivity index (χ3v) is 5.26. The van der Waals surface area contributed by atoms with Crippen molar-refractivity contribution in [2.24, 2.45) is 0 Å². The minimum absolute atomic E-state index is 0.116. The number of carbonyl (C=O) groups is 2. The van der Waals surface area contributed by atoms with E-state index < -0.39 is 5.60 Å². The molecule has 2 amide bonds. The van der Waals surface area contributed by atoms with Gasteiger partial charge in [-0.2, -0.15) is 0 Å². The molecule has 0 aromatic rings. The van der Waals surface area contributed by atoms with Gasteiger partial charge < -0.3 is 19.9 Å². The van der Waals surface area contributed by atoms with Crippen LogP contribution in [0.5, 0.6) is 0 Å². The molecule has 0 radical (unpaired) electrons. The Bertz CT molecular complexity index is 507. The summed E-state index contributed by atoms with van der Waals surface area (Å²) in [5.41, 5.74) is -0.483. The van der Waals surface area contributed by atoms with Gasteiger partial charge in [0.2, 0.25) is 5.91 Å². The Labute approximate surface area is 158 Å². The van der Waals surface area contributed by atoms with Crippen LogP contribution >= 0.6 is 0 Å². The van der Waals surface area contributed by atoms with Gasteiger partial charge in [-0.3, -0.25) is 9.69 Å². The SMILES string of the molecule is CC(=O)N1C[C@@H](C)N(C[C@H]2CN(C(=O)OC(C)(C)C)[C@H](C)CN2)[C@@H](C)C1. The molecule has 0 unspecified atom stereocenters. The fourth-order valence-electron chi connectivity index (χ4n) is 3.85. The molecular weight excluding hydrogens is 332 g/mol. The van der Waals surface area contributed by atoms with Gasteiger partial charge in [-0.15, -0.1) is 0 Å². The van der Waals surface area contributed by atoms with Gasteiger partial charge in [0.15, 0.2) is 0 Å². The van der Waals surface area contributed by atoms with Crippen LogP contribution in [0.2, 0.25) is 0 Å². The molecule has 2 rings (SSSR count). The number of piperazine rings is 2. The van der Waals surface area contributed by atoms with Crippen LogP contribution in [0.4, 0.5) is 4.79 Å². The molecule has 1 N–H and O–H groups in total. The first-order valence-corrected chi connectivity index (χ1v) is 9.72. The lowest BCUT2D eigenvalue weighted by Crippen LogP contribution is -2.64. The molecule has 7 heteroatoms. The van der Waals surface area contributed by atoms with Gasteiger partial charge in [-0.1, -0.05) is 0 Å². The third-order valence-electron chi connectivity index (χ3n) is 5.26. The Balaban J connectivity index is 1.97. The molecular formula is C19H36N4O3. The summed E-state index contributed by atoms with van der Waals surface area (Å²) < 4.78 is 5.57. The molecule has 0 aromatic carbocycles. The monoisotopic (exact) mass is 368 g/mol. The van der Waals surface area contributed by atoms with E-state index in [2.05, 4.69) is 24.1 Å². The average molecular weight is 369 g/mol. The Morgan fingerprint density at radius 3 is 2.12 bits per heavy atom. The number of ether oxygens (including phenoxy) is 1. The van der Waals surface area contributed by atoms with E-state index in [9.17, 15) is 9.59 Å². The second-order valence-electron chi connectivity index (χ2n) is 8.91. The van der Waals surface area contributed by atoms with Gasteiger partial charge in [0.05, 0.1) is 0 Å². The first kappa shape index (κ1) is 21.0. The molecule has 4 atom stereocenters. The van der Waals surface area contributed by atoms with Gasteiger partial charge in [-0.05, 0) is 41.5 Å². The highest BCUT2D eigenvalue weighted by Crippen LogP contribution is 2.19. The van der Waals surface area contributed by atoms with Gasteiger partial charge >= 0.3 is 6.09 Å². The maximum Gasteiger partial charge on any atom is 0.410 e. The van der Waals surface area contributed by atoms with Crippen molar-refractivity contribution in [2.45, 2.75) is 78.2 Å². The summed E-state index contributed by atoms with van der Waals surface area (Å²) in [5, 5.41) is 3.57. The van der Waals surface area contributed by atoms with Crippen LogP contribution < -0.4 is 5.32 Å². The van der Waals surface area contributed by atoms with Crippen molar-refractivity contribution in [3.63, 3.8) is 0 Å². The highest BCUT2D eigenvalue weighted by atomic mass is 16.6. The molecule has 2 aliphatic rings. The summed E-state index contributed by atoms with van der Waals surface area (Å²) in [7, 11) is 0. The van der Waals surface area contributed by atoms with Crippen molar-refractivity contribution >= 4 is 12.0 Å². The zero-order valence-electron chi connectivity index (χ0n) is 17.4. The second-order valence-corrected chi connectivity index (χ2v) is 8.91. The minimum Gasteiger partial charge on any atom is -0.444 e. The molecule has 2 heterocycles. The van der Waals surface area contributed by atoms with E-state index in [-0.39, 0.29) is 24.1 Å². The molecule has 2 aliphatic heterocycles. The lowest BCUT2D eigenvalue weighted by molar-refractivity contribution is -0.133. The predicted molar refractivity (Wildman–Crippen MR) is 102 cm³/mol. The van der Waals surface area contributed by atoms with E-state index in [1.807, 2.05) is 37.5 Å². The zero-order valence-corrected chi connectivity index (χ0v) is 17.4. The third kappa shape index (κ3) is 5.33. The van der Waals surface area contributed by atoms with E-state index in [0.717, 1.165) is 26.2 Å². The second kappa shape index (κ2) is 8.13. The van der Waals surface area contributed by atoms with Crippen molar-refractivity contribution in [2.75, 3.05) is 32.7 Å². The molecule has 0 aliphatic carbocycles. The predicted octanol–water partition coefficient (Wildman–Crippen LogP) is 1.52. The van der Waals surface area contributed by atoms with Crippen LogP contribution in [-0.4, -0.2) is 89.2 Å². The normalized spacial score (nSPS) is 31.0. The van der Waals surface area contributed by atoms with Crippen molar-refractivity contribution in [3.05, 3.63) is 0 Å². The smallest absolute Gasteiger partial charge is 0.410 e. The largest absolute Gasteiger partial charge is 0.444 e. The Kier molecular flexibility index (Phi) is 6.55. The maximum atomic E-state index is 12.5. The summed E-state index contributed by atoms with van der Waals surface area (Å²) in [4.78, 5) is 30.4. The van der Waals surface area contributed by atoms with Crippen molar-refractivity contribution in [1.29, 1.82) is 0 Å². The summed E-state index contributed by atoms with van der Waals surface area (Å²) in [6.07, 6.45) is -0.237. The number of amides is 2. The average Bonchev–Trinajstić information content (AvgIpc) is 2.50. The Morgan fingerprint density at radius 1 is 1.04 bits per heavy atom. The number of nitrogens with one attached hydrogen (secondary N) is 1. The van der Waals surface area contributed by atoms with Crippen LogP contribution in [-0.2, 0) is 9.53 Å². The quantitative estimate of drug-likeness (QED) is 0.801. The molecule has 0 bridgehead atoms. The van der Waals surface area contributed by atoms with Crippen molar-refractivity contribution in [1.82, 2.24) is 20.0 Å². The van der Waals surface area contributed by atoms with Gasteiger partial charge in [0.1, 0.15) is 5.60 Å². The lowest BCUT2D eigenvalue weighted by Gasteiger charge is -2.47. The number of hydrogen-bond acceptors (Lipinski definition) is 5.